The van der Waals surface area contributed by atoms with Gasteiger partial charge in [-0.05, 0) is 24.8 Å². The Morgan fingerprint density at radius 2 is 2.14 bits per heavy atom. The topological polar surface area (TPSA) is 89.5 Å². The zero-order valence-corrected chi connectivity index (χ0v) is 12.0. The first kappa shape index (κ1) is 15.2. The molecule has 0 heterocycles. The maximum atomic E-state index is 13.4. The van der Waals surface area contributed by atoms with Crippen LogP contribution in [0.25, 0.3) is 0 Å². The molecular formula is C14H18FN3O3. The quantitative estimate of drug-likeness (QED) is 0.513. The number of nitro groups is 1. The third-order valence-electron chi connectivity index (χ3n) is 3.35. The smallest absolute Gasteiger partial charge is 0.285 e. The Hall–Kier alpha value is -2.18. The molecule has 1 aromatic carbocycles. The molecule has 2 rings (SSSR count). The van der Waals surface area contributed by atoms with E-state index >= 15 is 0 Å². The lowest BCUT2D eigenvalue weighted by atomic mass is 10.1. The van der Waals surface area contributed by atoms with Crippen LogP contribution in [0.3, 0.4) is 0 Å². The average molecular weight is 295 g/mol. The number of anilines is 1. The Labute approximate surface area is 121 Å². The summed E-state index contributed by atoms with van der Waals surface area (Å²) in [5, 5.41) is 11.0. The number of nitrogens with two attached hydrogens (primary N) is 1. The number of hydrogen-bond donors (Lipinski definition) is 1. The molecule has 0 spiro atoms. The number of amides is 1. The summed E-state index contributed by atoms with van der Waals surface area (Å²) in [6.45, 7) is 4.45. The maximum Gasteiger partial charge on any atom is 0.285 e. The summed E-state index contributed by atoms with van der Waals surface area (Å²) in [5.41, 5.74) is 4.50. The zero-order chi connectivity index (χ0) is 15.7. The van der Waals surface area contributed by atoms with Crippen LogP contribution in [0.4, 0.5) is 15.8 Å². The Morgan fingerprint density at radius 1 is 1.52 bits per heavy atom. The highest BCUT2D eigenvalue weighted by Gasteiger charge is 2.36. The van der Waals surface area contributed by atoms with Gasteiger partial charge in [-0.2, -0.15) is 0 Å². The predicted molar refractivity (Wildman–Crippen MR) is 76.4 cm³/mol. The molecule has 7 heteroatoms. The molecule has 1 amide bonds. The van der Waals surface area contributed by atoms with Crippen LogP contribution in [0, 0.1) is 21.8 Å². The largest absolute Gasteiger partial charge is 0.396 e. The third-order valence-corrected chi connectivity index (χ3v) is 3.35. The van der Waals surface area contributed by atoms with E-state index in [0.717, 1.165) is 18.9 Å². The Morgan fingerprint density at radius 3 is 2.62 bits per heavy atom. The van der Waals surface area contributed by atoms with Gasteiger partial charge in [0.05, 0.1) is 16.7 Å². The molecule has 0 saturated heterocycles. The minimum atomic E-state index is -0.889. The zero-order valence-electron chi connectivity index (χ0n) is 12.0. The van der Waals surface area contributed by atoms with Crippen molar-refractivity contribution >= 4 is 17.3 Å². The van der Waals surface area contributed by atoms with E-state index in [-0.39, 0.29) is 23.2 Å². The second kappa shape index (κ2) is 5.67. The molecule has 1 aromatic rings. The molecule has 114 valence electrons. The van der Waals surface area contributed by atoms with E-state index in [4.69, 9.17) is 5.73 Å². The van der Waals surface area contributed by atoms with Gasteiger partial charge < -0.3 is 10.6 Å². The maximum absolute atomic E-state index is 13.4. The van der Waals surface area contributed by atoms with Crippen molar-refractivity contribution in [2.75, 3.05) is 12.3 Å². The molecule has 6 nitrogen and oxygen atoms in total. The van der Waals surface area contributed by atoms with Gasteiger partial charge in [-0.25, -0.2) is 4.39 Å². The fraction of sp³-hybridized carbons (Fsp3) is 0.500. The second-order valence-electron chi connectivity index (χ2n) is 5.73. The summed E-state index contributed by atoms with van der Waals surface area (Å²) in [5.74, 6) is -1.10. The van der Waals surface area contributed by atoms with Crippen LogP contribution >= 0.6 is 0 Å². The van der Waals surface area contributed by atoms with E-state index in [1.54, 1.807) is 4.90 Å². The van der Waals surface area contributed by atoms with Gasteiger partial charge in [0.1, 0.15) is 5.56 Å². The van der Waals surface area contributed by atoms with E-state index < -0.39 is 22.3 Å². The van der Waals surface area contributed by atoms with Crippen molar-refractivity contribution < 1.29 is 14.1 Å². The van der Waals surface area contributed by atoms with Gasteiger partial charge in [-0.3, -0.25) is 14.9 Å². The number of rotatable bonds is 5. The third kappa shape index (κ3) is 3.29. The molecule has 0 unspecified atom stereocenters. The summed E-state index contributed by atoms with van der Waals surface area (Å²) < 4.78 is 13.4. The predicted octanol–water partition coefficient (Wildman–Crippen LogP) is 2.58. The van der Waals surface area contributed by atoms with Gasteiger partial charge in [0.25, 0.3) is 11.6 Å². The first-order chi connectivity index (χ1) is 9.81. The molecule has 1 saturated carbocycles. The molecule has 2 N–H and O–H groups in total. The lowest BCUT2D eigenvalue weighted by molar-refractivity contribution is -0.385. The standard InChI is InChI=1S/C14H18FN3O3/c1-8(2)7-17(9-3-4-9)14(19)10-5-12(16)11(15)6-13(10)18(20)21/h5-6,8-9H,3-4,7,16H2,1-2H3. The average Bonchev–Trinajstić information content (AvgIpc) is 3.21. The van der Waals surface area contributed by atoms with E-state index in [9.17, 15) is 19.3 Å². The molecular weight excluding hydrogens is 277 g/mol. The minimum absolute atomic E-state index is 0.116. The van der Waals surface area contributed by atoms with Gasteiger partial charge in [0.15, 0.2) is 5.82 Å². The molecule has 0 aromatic heterocycles. The molecule has 1 fully saturated rings. The molecule has 1 aliphatic carbocycles. The van der Waals surface area contributed by atoms with Crippen LogP contribution < -0.4 is 5.73 Å². The monoisotopic (exact) mass is 295 g/mol. The highest BCUT2D eigenvalue weighted by molar-refractivity contribution is 5.99. The molecule has 0 aliphatic heterocycles. The second-order valence-corrected chi connectivity index (χ2v) is 5.73. The van der Waals surface area contributed by atoms with Crippen molar-refractivity contribution in [2.45, 2.75) is 32.7 Å². The van der Waals surface area contributed by atoms with Crippen LogP contribution in [0.15, 0.2) is 12.1 Å². The number of benzene rings is 1. The van der Waals surface area contributed by atoms with Crippen LogP contribution in [0.5, 0.6) is 0 Å². The normalized spacial score (nSPS) is 14.3. The Bertz CT molecular complexity index is 585. The van der Waals surface area contributed by atoms with Gasteiger partial charge in [-0.15, -0.1) is 0 Å². The van der Waals surface area contributed by atoms with Crippen molar-refractivity contribution in [3.8, 4) is 0 Å². The first-order valence-corrected chi connectivity index (χ1v) is 6.85. The van der Waals surface area contributed by atoms with Crippen molar-refractivity contribution in [3.63, 3.8) is 0 Å². The Kier molecular flexibility index (Phi) is 4.11. The van der Waals surface area contributed by atoms with Gasteiger partial charge in [-0.1, -0.05) is 13.8 Å². The van der Waals surface area contributed by atoms with E-state index in [1.807, 2.05) is 13.8 Å². The summed E-state index contributed by atoms with van der Waals surface area (Å²) in [7, 11) is 0. The molecule has 0 atom stereocenters. The number of halogens is 1. The van der Waals surface area contributed by atoms with Gasteiger partial charge in [0, 0.05) is 12.6 Å². The SMILES string of the molecule is CC(C)CN(C(=O)c1cc(N)c(F)cc1[N+](=O)[O-])C1CC1. The van der Waals surface area contributed by atoms with Crippen molar-refractivity contribution in [2.24, 2.45) is 5.92 Å². The molecule has 1 aliphatic rings. The summed E-state index contributed by atoms with van der Waals surface area (Å²) in [4.78, 5) is 24.5. The lowest BCUT2D eigenvalue weighted by Gasteiger charge is -2.24. The minimum Gasteiger partial charge on any atom is -0.396 e. The number of nitrogen functional groups attached to an aromatic ring is 1. The van der Waals surface area contributed by atoms with E-state index in [1.165, 1.54) is 0 Å². The van der Waals surface area contributed by atoms with Crippen LogP contribution in [-0.4, -0.2) is 28.3 Å². The summed E-state index contributed by atoms with van der Waals surface area (Å²) in [6, 6.07) is 1.89. The van der Waals surface area contributed by atoms with Crippen LogP contribution in [-0.2, 0) is 0 Å². The number of carbonyl (C=O) groups is 1. The van der Waals surface area contributed by atoms with Crippen molar-refractivity contribution in [1.82, 2.24) is 4.90 Å². The van der Waals surface area contributed by atoms with Crippen molar-refractivity contribution in [1.29, 1.82) is 0 Å². The van der Waals surface area contributed by atoms with Crippen molar-refractivity contribution in [3.05, 3.63) is 33.6 Å². The fourth-order valence-corrected chi connectivity index (χ4v) is 2.23. The summed E-state index contributed by atoms with van der Waals surface area (Å²) >= 11 is 0. The number of nitro benzene ring substituents is 1. The highest BCUT2D eigenvalue weighted by Crippen LogP contribution is 2.32. The number of carbonyl (C=O) groups excluding carboxylic acids is 1. The van der Waals surface area contributed by atoms with Crippen LogP contribution in [0.1, 0.15) is 37.0 Å². The first-order valence-electron chi connectivity index (χ1n) is 6.85. The Balaban J connectivity index is 2.41. The molecule has 0 radical (unpaired) electrons. The van der Waals surface area contributed by atoms with Crippen LogP contribution in [0.2, 0.25) is 0 Å². The summed E-state index contributed by atoms with van der Waals surface area (Å²) in [6.07, 6.45) is 1.78. The fourth-order valence-electron chi connectivity index (χ4n) is 2.23. The lowest BCUT2D eigenvalue weighted by Crippen LogP contribution is -2.36. The van der Waals surface area contributed by atoms with E-state index in [2.05, 4.69) is 0 Å². The van der Waals surface area contributed by atoms with E-state index in [0.29, 0.717) is 12.6 Å². The molecule has 21 heavy (non-hydrogen) atoms. The van der Waals surface area contributed by atoms with Gasteiger partial charge in [0.2, 0.25) is 0 Å². The highest BCUT2D eigenvalue weighted by atomic mass is 19.1. The number of nitrogens with zero attached hydrogens (tertiary/aromatic N) is 2. The number of hydrogen-bond acceptors (Lipinski definition) is 4. The van der Waals surface area contributed by atoms with Gasteiger partial charge >= 0.3 is 0 Å². The molecule has 0 bridgehead atoms.